The summed E-state index contributed by atoms with van der Waals surface area (Å²) in [5, 5.41) is 11.4. The second-order valence-electron chi connectivity index (χ2n) is 20.6. The van der Waals surface area contributed by atoms with Crippen molar-refractivity contribution in [1.29, 1.82) is 0 Å². The first kappa shape index (κ1) is 67.8. The predicted molar refractivity (Wildman–Crippen MR) is 303 cm³/mol. The highest BCUT2D eigenvalue weighted by Gasteiger charge is 2.62. The fourth-order valence-corrected chi connectivity index (χ4v) is 11.6. The summed E-state index contributed by atoms with van der Waals surface area (Å²) in [7, 11) is 0. The smallest absolute Gasteiger partial charge is 0.163 e. The molecule has 0 spiro atoms. The van der Waals surface area contributed by atoms with Gasteiger partial charge in [0, 0.05) is 34.5 Å². The van der Waals surface area contributed by atoms with Crippen molar-refractivity contribution in [2.75, 3.05) is 17.7 Å². The molecule has 386 valence electrons. The third-order valence-corrected chi connectivity index (χ3v) is 14.6. The monoisotopic (exact) mass is 940 g/mol. The number of allylic oxidation sites excluding steroid dienone is 5. The van der Waals surface area contributed by atoms with Crippen LogP contribution < -0.4 is 17.2 Å². The lowest BCUT2D eigenvalue weighted by molar-refractivity contribution is -0.0813. The maximum absolute atomic E-state index is 13.6. The van der Waals surface area contributed by atoms with Gasteiger partial charge in [0.15, 0.2) is 5.78 Å². The highest BCUT2D eigenvalue weighted by Crippen LogP contribution is 2.69. The van der Waals surface area contributed by atoms with E-state index in [1.807, 2.05) is 48.5 Å². The second kappa shape index (κ2) is 35.6. The number of carbonyl (C=O) groups is 1. The Balaban J connectivity index is -0.00000127. The summed E-state index contributed by atoms with van der Waals surface area (Å²) in [5.41, 5.74) is 22.3. The number of nitrogens with two attached hydrogens (primary N) is 3. The Labute approximate surface area is 418 Å². The number of benzene rings is 1. The molecule has 4 aliphatic carbocycles. The first-order chi connectivity index (χ1) is 31.1. The molecule has 0 aliphatic heterocycles. The summed E-state index contributed by atoms with van der Waals surface area (Å²) in [4.78, 5) is 13.6. The van der Waals surface area contributed by atoms with Gasteiger partial charge in [0.25, 0.3) is 0 Å². The lowest BCUT2D eigenvalue weighted by atomic mass is 9.43. The molecular weight excluding hydrogens is 827 g/mol. The molecule has 3 fully saturated rings. The number of ketones is 1. The van der Waals surface area contributed by atoms with Crippen LogP contribution in [0.5, 0.6) is 0 Å². The first-order valence-corrected chi connectivity index (χ1v) is 27.7. The number of aliphatic hydroxyl groups is 1. The van der Waals surface area contributed by atoms with Gasteiger partial charge in [0.1, 0.15) is 0 Å². The molecule has 66 heavy (non-hydrogen) atoms. The molecule has 1 aromatic rings. The minimum Gasteiger partial charge on any atom is -0.399 e. The van der Waals surface area contributed by atoms with Crippen LogP contribution in [0.3, 0.4) is 0 Å². The maximum Gasteiger partial charge on any atom is 0.163 e. The number of aliphatic hydroxyl groups excluding tert-OH is 1. The standard InChI is InChI=1S/C36H56N2O2.C9H18.C5H9N.C3H8.3C2H6.CH4S/c1-22(2)8-7-9-23(3)28-11-12-29-27-10-13-32-35(5,30(27)14-16-34(28,29)4)17-15-33(40)36(32,6)21-31(39)24-18-25(37)20-26(38)19-24;1-8(2)6-5-7-9(3)4;1-3-5(6)4-2;1-3-2;4*1-2/h13,18-20,22-23,27-30,33,40H,7-12,14-17,21,37-38H2,1-6H3;6,9H,5,7H2,1-4H3;3-4H,1,6H2,2H3;3H2,1-2H3;3*1-2H3;2H,1H3/b;;5-4+;;;;;. The number of hydrogen-bond donors (Lipinski definition) is 5. The van der Waals surface area contributed by atoms with E-state index in [1.54, 1.807) is 36.6 Å². The molecule has 0 bridgehead atoms. The van der Waals surface area contributed by atoms with Crippen molar-refractivity contribution in [3.8, 4) is 0 Å². The molecular formula is C60H113N3O2S. The van der Waals surface area contributed by atoms with Gasteiger partial charge >= 0.3 is 0 Å². The molecule has 9 atom stereocenters. The van der Waals surface area contributed by atoms with Crippen molar-refractivity contribution in [2.45, 2.75) is 228 Å². The van der Waals surface area contributed by atoms with E-state index in [0.717, 1.165) is 60.5 Å². The molecule has 6 heteroatoms. The van der Waals surface area contributed by atoms with Crippen LogP contribution in [0.15, 0.2) is 65.9 Å². The SMILES string of the molecule is C=C/C(N)=C\C.CC.CC.CC.CC(C)=CCCC(C)C.CC(C)CCCC(C)C1CCC2C3CC=C4C(C)(CC(=O)c5cc(N)cc(N)c5)C(O)CCC4(C)C3CCC12C.CCC.CS. The summed E-state index contributed by atoms with van der Waals surface area (Å²) < 4.78 is 0. The van der Waals surface area contributed by atoms with Crippen LogP contribution in [0.1, 0.15) is 232 Å². The molecule has 0 heterocycles. The van der Waals surface area contributed by atoms with Gasteiger partial charge in [-0.25, -0.2) is 0 Å². The van der Waals surface area contributed by atoms with E-state index in [0.29, 0.717) is 34.7 Å². The molecule has 7 N–H and O–H groups in total. The highest BCUT2D eigenvalue weighted by molar-refractivity contribution is 7.79. The van der Waals surface area contributed by atoms with E-state index < -0.39 is 11.5 Å². The number of anilines is 2. The van der Waals surface area contributed by atoms with E-state index in [4.69, 9.17) is 17.2 Å². The van der Waals surface area contributed by atoms with E-state index >= 15 is 0 Å². The molecule has 3 saturated carbocycles. The number of carbonyl (C=O) groups excluding carboxylic acids is 1. The summed E-state index contributed by atoms with van der Waals surface area (Å²) >= 11 is 3.53. The van der Waals surface area contributed by atoms with Crippen LogP contribution >= 0.6 is 12.6 Å². The average molecular weight is 941 g/mol. The number of rotatable bonds is 12. The highest BCUT2D eigenvalue weighted by atomic mass is 32.1. The van der Waals surface area contributed by atoms with Crippen molar-refractivity contribution < 1.29 is 9.90 Å². The van der Waals surface area contributed by atoms with Crippen molar-refractivity contribution in [2.24, 2.45) is 63.4 Å². The molecule has 0 radical (unpaired) electrons. The zero-order valence-electron chi connectivity index (χ0n) is 47.3. The number of fused-ring (bicyclic) bond motifs is 5. The molecule has 0 saturated heterocycles. The molecule has 4 aliphatic rings. The molecule has 1 aromatic carbocycles. The Morgan fingerprint density at radius 2 is 1.36 bits per heavy atom. The lowest BCUT2D eigenvalue weighted by Crippen LogP contribution is -2.55. The van der Waals surface area contributed by atoms with Crippen LogP contribution in [0.4, 0.5) is 11.4 Å². The van der Waals surface area contributed by atoms with E-state index in [-0.39, 0.29) is 11.2 Å². The second-order valence-corrected chi connectivity index (χ2v) is 20.6. The van der Waals surface area contributed by atoms with E-state index in [1.165, 1.54) is 75.4 Å². The van der Waals surface area contributed by atoms with Gasteiger partial charge in [-0.2, -0.15) is 12.6 Å². The first-order valence-electron chi connectivity index (χ1n) is 26.9. The topological polar surface area (TPSA) is 115 Å². The van der Waals surface area contributed by atoms with Crippen LogP contribution in [-0.4, -0.2) is 23.2 Å². The van der Waals surface area contributed by atoms with Gasteiger partial charge in [-0.15, -0.1) is 0 Å². The maximum atomic E-state index is 13.6. The number of thiol groups is 1. The van der Waals surface area contributed by atoms with Gasteiger partial charge in [-0.3, -0.25) is 4.79 Å². The minimum absolute atomic E-state index is 0.0223. The Hall–Kier alpha value is -2.44. The van der Waals surface area contributed by atoms with Crippen LogP contribution in [0.25, 0.3) is 0 Å². The Kier molecular flexibility index (Phi) is 36.6. The van der Waals surface area contributed by atoms with E-state index in [9.17, 15) is 9.90 Å². The number of hydrogen-bond acceptors (Lipinski definition) is 6. The summed E-state index contributed by atoms with van der Waals surface area (Å²) in [6, 6.07) is 5.14. The fraction of sp³-hybridized carbons (Fsp3) is 0.750. The van der Waals surface area contributed by atoms with Gasteiger partial charge < -0.3 is 22.3 Å². The molecule has 5 nitrogen and oxygen atoms in total. The minimum atomic E-state index is -0.557. The van der Waals surface area contributed by atoms with Gasteiger partial charge in [0.05, 0.1) is 6.10 Å². The van der Waals surface area contributed by atoms with Gasteiger partial charge in [-0.05, 0) is 161 Å². The number of Topliss-reactive ketones (excluding diaryl/α,β-unsaturated/α-hetero) is 1. The molecule has 5 rings (SSSR count). The number of nitrogen functional groups attached to an aromatic ring is 2. The van der Waals surface area contributed by atoms with Crippen molar-refractivity contribution in [1.82, 2.24) is 0 Å². The zero-order valence-corrected chi connectivity index (χ0v) is 48.2. The normalized spacial score (nSPS) is 27.1. The molecule has 9 unspecified atom stereocenters. The summed E-state index contributed by atoms with van der Waals surface area (Å²) in [5.74, 6) is 5.51. The molecule has 0 aromatic heterocycles. The third-order valence-electron chi connectivity index (χ3n) is 14.6. The third kappa shape index (κ3) is 20.7. The molecule has 0 amide bonds. The predicted octanol–water partition coefficient (Wildman–Crippen LogP) is 17.9. The zero-order chi connectivity index (χ0) is 52.0. The fourth-order valence-electron chi connectivity index (χ4n) is 11.6. The average Bonchev–Trinajstić information content (AvgIpc) is 3.65. The van der Waals surface area contributed by atoms with E-state index in [2.05, 4.69) is 114 Å². The quantitative estimate of drug-likeness (QED) is 0.0471. The van der Waals surface area contributed by atoms with Crippen LogP contribution in [0, 0.1) is 57.7 Å². The van der Waals surface area contributed by atoms with Crippen molar-refractivity contribution >= 4 is 29.8 Å². The largest absolute Gasteiger partial charge is 0.399 e. The lowest BCUT2D eigenvalue weighted by Gasteiger charge is -2.61. The van der Waals surface area contributed by atoms with Crippen LogP contribution in [0.2, 0.25) is 0 Å². The van der Waals surface area contributed by atoms with Crippen molar-refractivity contribution in [3.63, 3.8) is 0 Å². The Bertz CT molecular complexity index is 1520. The van der Waals surface area contributed by atoms with Gasteiger partial charge in [0.2, 0.25) is 0 Å². The van der Waals surface area contributed by atoms with Crippen molar-refractivity contribution in [3.05, 3.63) is 71.5 Å². The summed E-state index contributed by atoms with van der Waals surface area (Å²) in [6.07, 6.45) is 25.9. The Morgan fingerprint density at radius 1 is 0.833 bits per heavy atom. The summed E-state index contributed by atoms with van der Waals surface area (Å²) in [6.45, 7) is 44.9. The Morgan fingerprint density at radius 3 is 1.82 bits per heavy atom. The van der Waals surface area contributed by atoms with Crippen LogP contribution in [-0.2, 0) is 0 Å². The van der Waals surface area contributed by atoms with Gasteiger partial charge in [-0.1, -0.05) is 172 Å².